The van der Waals surface area contributed by atoms with Gasteiger partial charge in [0.1, 0.15) is 5.75 Å². The Labute approximate surface area is 111 Å². The number of hydrogen-bond donors (Lipinski definition) is 2. The van der Waals surface area contributed by atoms with Crippen molar-refractivity contribution in [3.05, 3.63) is 29.8 Å². The van der Waals surface area contributed by atoms with E-state index in [1.165, 1.54) is 0 Å². The first kappa shape index (κ1) is 14.8. The molecule has 0 aliphatic carbocycles. The van der Waals surface area contributed by atoms with Gasteiger partial charge in [-0.15, -0.1) is 0 Å². The molecule has 0 heterocycles. The normalized spacial score (nSPS) is 11.8. The quantitative estimate of drug-likeness (QED) is 0.697. The van der Waals surface area contributed by atoms with E-state index >= 15 is 0 Å². The number of nitrogens with zero attached hydrogens (tertiary/aromatic N) is 1. The van der Waals surface area contributed by atoms with Crippen molar-refractivity contribution in [3.8, 4) is 11.8 Å². The van der Waals surface area contributed by atoms with Crippen LogP contribution in [0.4, 0.5) is 0 Å². The topological polar surface area (TPSA) is 73.5 Å². The van der Waals surface area contributed by atoms with Gasteiger partial charge in [-0.1, -0.05) is 0 Å². The smallest absolute Gasteiger partial charge is 0.119 e. The fourth-order valence-electron chi connectivity index (χ4n) is 1.25. The van der Waals surface area contributed by atoms with Gasteiger partial charge in [0.15, 0.2) is 0 Å². The summed E-state index contributed by atoms with van der Waals surface area (Å²) >= 11 is 1.59. The molecular weight excluding hydrogens is 250 g/mol. The van der Waals surface area contributed by atoms with Crippen LogP contribution in [0.25, 0.3) is 0 Å². The average Bonchev–Trinajstić information content (AvgIpc) is 2.43. The van der Waals surface area contributed by atoms with Crippen molar-refractivity contribution in [2.45, 2.75) is 12.5 Å². The molecule has 1 rings (SSSR count). The van der Waals surface area contributed by atoms with Crippen LogP contribution in [-0.4, -0.2) is 41.0 Å². The number of aliphatic hydroxyl groups is 2. The zero-order chi connectivity index (χ0) is 13.2. The second kappa shape index (κ2) is 8.81. The Hall–Kier alpha value is -1.22. The van der Waals surface area contributed by atoms with Crippen molar-refractivity contribution >= 4 is 11.8 Å². The number of nitriles is 1. The van der Waals surface area contributed by atoms with Gasteiger partial charge in [0, 0.05) is 5.75 Å². The van der Waals surface area contributed by atoms with Gasteiger partial charge >= 0.3 is 0 Å². The number of rotatable bonds is 8. The molecule has 1 atom stereocenters. The minimum Gasteiger partial charge on any atom is -0.494 e. The maximum Gasteiger partial charge on any atom is 0.119 e. The van der Waals surface area contributed by atoms with Crippen molar-refractivity contribution in [2.75, 3.05) is 24.7 Å². The molecule has 0 aliphatic heterocycles. The zero-order valence-electron chi connectivity index (χ0n) is 10.1. The molecule has 0 radical (unpaired) electrons. The van der Waals surface area contributed by atoms with Crippen molar-refractivity contribution < 1.29 is 14.9 Å². The number of benzene rings is 1. The monoisotopic (exact) mass is 267 g/mol. The Bertz CT molecular complexity index is 375. The predicted octanol–water partition coefficient (Wildman–Crippen LogP) is 1.41. The second-order valence-corrected chi connectivity index (χ2v) is 4.90. The SMILES string of the molecule is N#Cc1ccc(OCCCSCC(O)CO)cc1. The van der Waals surface area contributed by atoms with E-state index in [-0.39, 0.29) is 6.61 Å². The van der Waals surface area contributed by atoms with Crippen LogP contribution in [0.15, 0.2) is 24.3 Å². The molecule has 0 aromatic heterocycles. The average molecular weight is 267 g/mol. The summed E-state index contributed by atoms with van der Waals surface area (Å²) in [7, 11) is 0. The van der Waals surface area contributed by atoms with Crippen LogP contribution in [0.2, 0.25) is 0 Å². The molecule has 1 aromatic rings. The van der Waals surface area contributed by atoms with Crippen LogP contribution in [0.3, 0.4) is 0 Å². The van der Waals surface area contributed by atoms with E-state index in [1.54, 1.807) is 36.0 Å². The highest BCUT2D eigenvalue weighted by molar-refractivity contribution is 7.99. The standard InChI is InChI=1S/C13H17NO3S/c14-8-11-2-4-13(5-3-11)17-6-1-7-18-10-12(16)9-15/h2-5,12,15-16H,1,6-7,9-10H2. The molecule has 0 spiro atoms. The van der Waals surface area contributed by atoms with Crippen LogP contribution in [0.5, 0.6) is 5.75 Å². The van der Waals surface area contributed by atoms with Gasteiger partial charge in [0.25, 0.3) is 0 Å². The zero-order valence-corrected chi connectivity index (χ0v) is 10.9. The second-order valence-electron chi connectivity index (χ2n) is 3.75. The molecular formula is C13H17NO3S. The van der Waals surface area contributed by atoms with Gasteiger partial charge in [0.2, 0.25) is 0 Å². The first-order chi connectivity index (χ1) is 8.76. The van der Waals surface area contributed by atoms with Crippen LogP contribution < -0.4 is 4.74 Å². The molecule has 2 N–H and O–H groups in total. The van der Waals surface area contributed by atoms with Gasteiger partial charge in [0.05, 0.1) is 31.0 Å². The minimum absolute atomic E-state index is 0.186. The van der Waals surface area contributed by atoms with Crippen molar-refractivity contribution in [1.29, 1.82) is 5.26 Å². The van der Waals surface area contributed by atoms with Gasteiger partial charge < -0.3 is 14.9 Å². The number of thioether (sulfide) groups is 1. The van der Waals surface area contributed by atoms with Crippen LogP contribution >= 0.6 is 11.8 Å². The summed E-state index contributed by atoms with van der Waals surface area (Å²) in [6.07, 6.45) is 0.248. The Kier molecular flexibility index (Phi) is 7.26. The van der Waals surface area contributed by atoms with Gasteiger partial charge in [-0.05, 0) is 36.4 Å². The molecule has 0 saturated carbocycles. The molecule has 0 aliphatic rings. The molecule has 0 amide bonds. The first-order valence-electron chi connectivity index (χ1n) is 5.76. The third-order valence-electron chi connectivity index (χ3n) is 2.21. The molecule has 4 nitrogen and oxygen atoms in total. The highest BCUT2D eigenvalue weighted by atomic mass is 32.2. The van der Waals surface area contributed by atoms with Gasteiger partial charge in [-0.25, -0.2) is 0 Å². The van der Waals surface area contributed by atoms with E-state index in [0.717, 1.165) is 17.9 Å². The number of hydrogen-bond acceptors (Lipinski definition) is 5. The summed E-state index contributed by atoms with van der Waals surface area (Å²) in [5.41, 5.74) is 0.621. The fourth-order valence-corrected chi connectivity index (χ4v) is 2.11. The fraction of sp³-hybridized carbons (Fsp3) is 0.462. The first-order valence-corrected chi connectivity index (χ1v) is 6.91. The summed E-state index contributed by atoms with van der Waals surface area (Å²) < 4.78 is 5.50. The summed E-state index contributed by atoms with van der Waals surface area (Å²) in [6, 6.07) is 9.06. The highest BCUT2D eigenvalue weighted by Crippen LogP contribution is 2.12. The highest BCUT2D eigenvalue weighted by Gasteiger charge is 2.01. The summed E-state index contributed by atoms with van der Waals surface area (Å²) in [5, 5.41) is 26.4. The summed E-state index contributed by atoms with van der Waals surface area (Å²) in [6.45, 7) is 0.420. The molecule has 1 unspecified atom stereocenters. The molecule has 98 valence electrons. The molecule has 1 aromatic carbocycles. The molecule has 5 heteroatoms. The maximum atomic E-state index is 9.11. The Morgan fingerprint density at radius 2 is 2.06 bits per heavy atom. The molecule has 0 saturated heterocycles. The van der Waals surface area contributed by atoms with Crippen LogP contribution in [-0.2, 0) is 0 Å². The van der Waals surface area contributed by atoms with E-state index in [4.69, 9.17) is 20.2 Å². The Morgan fingerprint density at radius 3 is 2.67 bits per heavy atom. The number of aliphatic hydroxyl groups excluding tert-OH is 2. The molecule has 18 heavy (non-hydrogen) atoms. The van der Waals surface area contributed by atoms with E-state index in [9.17, 15) is 0 Å². The molecule has 0 bridgehead atoms. The van der Waals surface area contributed by atoms with Crippen molar-refractivity contribution in [1.82, 2.24) is 0 Å². The lowest BCUT2D eigenvalue weighted by molar-refractivity contribution is 0.113. The van der Waals surface area contributed by atoms with Crippen LogP contribution in [0, 0.1) is 11.3 Å². The molecule has 0 fully saturated rings. The third kappa shape index (κ3) is 5.92. The van der Waals surface area contributed by atoms with Crippen molar-refractivity contribution in [2.24, 2.45) is 0 Å². The minimum atomic E-state index is -0.630. The van der Waals surface area contributed by atoms with E-state index in [0.29, 0.717) is 17.9 Å². The van der Waals surface area contributed by atoms with Gasteiger partial charge in [-0.2, -0.15) is 17.0 Å². The maximum absolute atomic E-state index is 9.11. The third-order valence-corrected chi connectivity index (χ3v) is 3.40. The van der Waals surface area contributed by atoms with Crippen LogP contribution in [0.1, 0.15) is 12.0 Å². The summed E-state index contributed by atoms with van der Waals surface area (Å²) in [4.78, 5) is 0. The largest absolute Gasteiger partial charge is 0.494 e. The Morgan fingerprint density at radius 1 is 1.33 bits per heavy atom. The summed E-state index contributed by atoms with van der Waals surface area (Å²) in [5.74, 6) is 2.19. The predicted molar refractivity (Wildman–Crippen MR) is 71.7 cm³/mol. The van der Waals surface area contributed by atoms with Crippen molar-refractivity contribution in [3.63, 3.8) is 0 Å². The van der Waals surface area contributed by atoms with Gasteiger partial charge in [-0.3, -0.25) is 0 Å². The van der Waals surface area contributed by atoms with E-state index in [1.807, 2.05) is 0 Å². The number of ether oxygens (including phenoxy) is 1. The lowest BCUT2D eigenvalue weighted by atomic mass is 10.2. The van der Waals surface area contributed by atoms with E-state index in [2.05, 4.69) is 6.07 Å². The lowest BCUT2D eigenvalue weighted by Gasteiger charge is -2.07. The van der Waals surface area contributed by atoms with E-state index < -0.39 is 6.10 Å². The Balaban J connectivity index is 2.09. The lowest BCUT2D eigenvalue weighted by Crippen LogP contribution is -2.15.